The van der Waals surface area contributed by atoms with Crippen LogP contribution in [0.3, 0.4) is 0 Å². The van der Waals surface area contributed by atoms with E-state index in [9.17, 15) is 19.2 Å². The van der Waals surface area contributed by atoms with Crippen LogP contribution in [0.25, 0.3) is 0 Å². The zero-order valence-corrected chi connectivity index (χ0v) is 18.3. The molecule has 3 amide bonds. The number of benzene rings is 2. The van der Waals surface area contributed by atoms with E-state index in [2.05, 4.69) is 0 Å². The van der Waals surface area contributed by atoms with Gasteiger partial charge in [0, 0.05) is 37.6 Å². The first-order valence-corrected chi connectivity index (χ1v) is 11.0. The lowest BCUT2D eigenvalue weighted by atomic mass is 10.0. The van der Waals surface area contributed by atoms with Gasteiger partial charge in [0.05, 0.1) is 11.6 Å². The quantitative estimate of drug-likeness (QED) is 0.395. The van der Waals surface area contributed by atoms with Crippen molar-refractivity contribution in [3.05, 3.63) is 53.6 Å². The van der Waals surface area contributed by atoms with Crippen molar-refractivity contribution in [3.8, 4) is 5.75 Å². The van der Waals surface area contributed by atoms with E-state index in [0.717, 1.165) is 34.6 Å². The third kappa shape index (κ3) is 4.02. The van der Waals surface area contributed by atoms with E-state index >= 15 is 0 Å². The maximum absolute atomic E-state index is 12.9. The van der Waals surface area contributed by atoms with Crippen molar-refractivity contribution in [1.82, 2.24) is 0 Å². The summed E-state index contributed by atoms with van der Waals surface area (Å²) < 4.78 is 5.55. The largest absolute Gasteiger partial charge is 0.426 e. The molecule has 0 saturated carbocycles. The summed E-state index contributed by atoms with van der Waals surface area (Å²) in [6.45, 7) is 4.37. The molecule has 2 aliphatic heterocycles. The Kier molecular flexibility index (Phi) is 6.08. The van der Waals surface area contributed by atoms with Crippen molar-refractivity contribution in [2.45, 2.75) is 46.0 Å². The van der Waals surface area contributed by atoms with Gasteiger partial charge < -0.3 is 9.64 Å². The molecule has 2 aliphatic rings. The van der Waals surface area contributed by atoms with E-state index in [4.69, 9.17) is 4.74 Å². The summed E-state index contributed by atoms with van der Waals surface area (Å²) in [7, 11) is 0. The molecule has 0 bridgehead atoms. The molecule has 0 radical (unpaired) electrons. The highest BCUT2D eigenvalue weighted by atomic mass is 16.5. The molecule has 7 nitrogen and oxygen atoms in total. The molecular weight excluding hydrogens is 408 g/mol. The number of nitrogens with zero attached hydrogens (tertiary/aromatic N) is 2. The number of carbonyl (C=O) groups is 4. The minimum atomic E-state index is -0.587. The third-order valence-electron chi connectivity index (χ3n) is 6.04. The van der Waals surface area contributed by atoms with Crippen molar-refractivity contribution in [1.29, 1.82) is 0 Å². The normalized spacial score (nSPS) is 18.6. The van der Waals surface area contributed by atoms with Gasteiger partial charge in [0.2, 0.25) is 17.7 Å². The summed E-state index contributed by atoms with van der Waals surface area (Å²) in [4.78, 5) is 52.5. The zero-order valence-electron chi connectivity index (χ0n) is 18.3. The molecule has 2 aromatic rings. The monoisotopic (exact) mass is 434 g/mol. The summed E-state index contributed by atoms with van der Waals surface area (Å²) in [6.07, 6.45) is 2.04. The number of para-hydroxylation sites is 1. The van der Waals surface area contributed by atoms with Crippen molar-refractivity contribution in [2.75, 3.05) is 16.3 Å². The Hall–Kier alpha value is -3.48. The van der Waals surface area contributed by atoms with Gasteiger partial charge in [-0.1, -0.05) is 38.1 Å². The van der Waals surface area contributed by atoms with E-state index in [1.54, 1.807) is 23.1 Å². The van der Waals surface area contributed by atoms with Gasteiger partial charge in [0.15, 0.2) is 0 Å². The summed E-state index contributed by atoms with van der Waals surface area (Å²) in [5, 5.41) is 0. The van der Waals surface area contributed by atoms with Crippen LogP contribution < -0.4 is 14.5 Å². The highest BCUT2D eigenvalue weighted by Crippen LogP contribution is 2.33. The first kappa shape index (κ1) is 21.7. The van der Waals surface area contributed by atoms with E-state index in [-0.39, 0.29) is 49.3 Å². The maximum atomic E-state index is 12.9. The Morgan fingerprint density at radius 1 is 0.938 bits per heavy atom. The minimum Gasteiger partial charge on any atom is -0.426 e. The summed E-state index contributed by atoms with van der Waals surface area (Å²) in [5.74, 6) is -1.47. The fourth-order valence-corrected chi connectivity index (χ4v) is 4.39. The number of hydrogen-bond acceptors (Lipinski definition) is 5. The molecule has 0 aromatic heterocycles. The van der Waals surface area contributed by atoms with Crippen molar-refractivity contribution < 1.29 is 23.9 Å². The molecule has 1 atom stereocenters. The van der Waals surface area contributed by atoms with E-state index in [1.165, 1.54) is 6.07 Å². The number of carbonyl (C=O) groups excluding carboxylic acids is 4. The zero-order chi connectivity index (χ0) is 22.8. The number of ether oxygens (including phenoxy) is 1. The average Bonchev–Trinajstić information content (AvgIpc) is 3.34. The lowest BCUT2D eigenvalue weighted by molar-refractivity contribution is -0.139. The van der Waals surface area contributed by atoms with E-state index in [0.29, 0.717) is 5.69 Å². The second kappa shape index (κ2) is 8.94. The number of esters is 1. The van der Waals surface area contributed by atoms with Gasteiger partial charge in [-0.2, -0.15) is 0 Å². The van der Waals surface area contributed by atoms with Crippen LogP contribution in [0, 0.1) is 5.92 Å². The Morgan fingerprint density at radius 2 is 1.56 bits per heavy atom. The molecule has 2 aromatic carbocycles. The summed E-state index contributed by atoms with van der Waals surface area (Å²) >= 11 is 0. The SMILES string of the molecule is CCc1cccc(CC)c1N1C[C@H](C(=O)Oc2cccc(N3C(=O)CCC3=O)c2)CC1=O. The molecular formula is C25H26N2O5. The lowest BCUT2D eigenvalue weighted by Crippen LogP contribution is -2.29. The van der Waals surface area contributed by atoms with Gasteiger partial charge in [-0.25, -0.2) is 0 Å². The topological polar surface area (TPSA) is 84.0 Å². The van der Waals surface area contributed by atoms with Gasteiger partial charge >= 0.3 is 5.97 Å². The molecule has 32 heavy (non-hydrogen) atoms. The second-order valence-electron chi connectivity index (χ2n) is 8.08. The number of rotatable bonds is 6. The Balaban J connectivity index is 1.51. The molecule has 0 spiro atoms. The highest BCUT2D eigenvalue weighted by molar-refractivity contribution is 6.19. The first-order valence-electron chi connectivity index (χ1n) is 11.0. The van der Waals surface area contributed by atoms with Crippen LogP contribution in [0.2, 0.25) is 0 Å². The first-order chi connectivity index (χ1) is 15.4. The number of amides is 3. The summed E-state index contributed by atoms with van der Waals surface area (Å²) in [5.41, 5.74) is 3.46. The van der Waals surface area contributed by atoms with Gasteiger partial charge in [0.25, 0.3) is 0 Å². The van der Waals surface area contributed by atoms with Crippen LogP contribution in [0.15, 0.2) is 42.5 Å². The average molecular weight is 434 g/mol. The highest BCUT2D eigenvalue weighted by Gasteiger charge is 2.38. The maximum Gasteiger partial charge on any atom is 0.316 e. The molecule has 2 heterocycles. The molecule has 2 saturated heterocycles. The number of imide groups is 1. The van der Waals surface area contributed by atoms with Crippen LogP contribution in [-0.2, 0) is 32.0 Å². The standard InChI is InChI=1S/C25H26N2O5/c1-3-16-7-5-8-17(4-2)24(16)26-15-18(13-23(26)30)25(31)32-20-10-6-9-19(14-20)27-21(28)11-12-22(27)29/h5-10,14,18H,3-4,11-13,15H2,1-2H3/t18-/m1/s1. The van der Waals surface area contributed by atoms with Crippen LogP contribution >= 0.6 is 0 Å². The predicted molar refractivity (Wildman–Crippen MR) is 119 cm³/mol. The lowest BCUT2D eigenvalue weighted by Gasteiger charge is -2.23. The third-order valence-corrected chi connectivity index (χ3v) is 6.04. The molecule has 2 fully saturated rings. The van der Waals surface area contributed by atoms with Crippen LogP contribution in [-0.4, -0.2) is 30.2 Å². The fraction of sp³-hybridized carbons (Fsp3) is 0.360. The number of aryl methyl sites for hydroxylation is 2. The van der Waals surface area contributed by atoms with Crippen molar-refractivity contribution in [3.63, 3.8) is 0 Å². The molecule has 4 rings (SSSR count). The van der Waals surface area contributed by atoms with Gasteiger partial charge in [-0.3, -0.25) is 24.1 Å². The van der Waals surface area contributed by atoms with Gasteiger partial charge in [0.1, 0.15) is 5.75 Å². The minimum absolute atomic E-state index is 0.0861. The molecule has 0 N–H and O–H groups in total. The molecule has 166 valence electrons. The van der Waals surface area contributed by atoms with E-state index < -0.39 is 11.9 Å². The summed E-state index contributed by atoms with van der Waals surface area (Å²) in [6, 6.07) is 12.4. The van der Waals surface area contributed by atoms with Crippen LogP contribution in [0.5, 0.6) is 5.75 Å². The fourth-order valence-electron chi connectivity index (χ4n) is 4.39. The van der Waals surface area contributed by atoms with Crippen molar-refractivity contribution >= 4 is 35.1 Å². The van der Waals surface area contributed by atoms with Crippen LogP contribution in [0.1, 0.15) is 44.2 Å². The number of hydrogen-bond donors (Lipinski definition) is 0. The molecule has 0 unspecified atom stereocenters. The van der Waals surface area contributed by atoms with Gasteiger partial charge in [-0.05, 0) is 36.1 Å². The second-order valence-corrected chi connectivity index (χ2v) is 8.08. The van der Waals surface area contributed by atoms with Crippen molar-refractivity contribution in [2.24, 2.45) is 5.92 Å². The molecule has 0 aliphatic carbocycles. The Morgan fingerprint density at radius 3 is 2.19 bits per heavy atom. The smallest absolute Gasteiger partial charge is 0.316 e. The Bertz CT molecular complexity index is 1060. The van der Waals surface area contributed by atoms with Gasteiger partial charge in [-0.15, -0.1) is 0 Å². The molecule has 7 heteroatoms. The van der Waals surface area contributed by atoms with Crippen LogP contribution in [0.4, 0.5) is 11.4 Å². The van der Waals surface area contributed by atoms with E-state index in [1.807, 2.05) is 32.0 Å². The Labute approximate surface area is 187 Å². The number of anilines is 2. The predicted octanol–water partition coefficient (Wildman–Crippen LogP) is 3.42.